The van der Waals surface area contributed by atoms with Crippen LogP contribution in [0.25, 0.3) is 10.9 Å². The first-order valence-electron chi connectivity index (χ1n) is 6.74. The largest absolute Gasteiger partial charge is 0.314 e. The van der Waals surface area contributed by atoms with Crippen LogP contribution in [0.4, 0.5) is 4.39 Å². The van der Waals surface area contributed by atoms with Gasteiger partial charge < -0.3 is 5.32 Å². The van der Waals surface area contributed by atoms with E-state index in [2.05, 4.69) is 15.2 Å². The van der Waals surface area contributed by atoms with E-state index >= 15 is 0 Å². The lowest BCUT2D eigenvalue weighted by Gasteiger charge is -2.34. The average molecular weight is 259 g/mol. The Morgan fingerprint density at radius 1 is 1.21 bits per heavy atom. The zero-order chi connectivity index (χ0) is 13.1. The molecule has 0 aliphatic carbocycles. The second-order valence-corrected chi connectivity index (χ2v) is 4.87. The third kappa shape index (κ3) is 2.46. The Kier molecular flexibility index (Phi) is 3.71. The number of fused-ring (bicyclic) bond motifs is 1. The van der Waals surface area contributed by atoms with Crippen molar-refractivity contribution >= 4 is 10.9 Å². The van der Waals surface area contributed by atoms with Crippen molar-refractivity contribution < 1.29 is 4.39 Å². The van der Waals surface area contributed by atoms with Crippen molar-refractivity contribution in [2.24, 2.45) is 0 Å². The summed E-state index contributed by atoms with van der Waals surface area (Å²) in [6.45, 7) is 3.30. The number of aromatic nitrogens is 1. The highest BCUT2D eigenvalue weighted by atomic mass is 19.1. The molecular formula is C15H18FN3. The molecule has 1 aromatic carbocycles. The summed E-state index contributed by atoms with van der Waals surface area (Å²) in [5.74, 6) is 0. The Hall–Kier alpha value is -1.52. The van der Waals surface area contributed by atoms with Gasteiger partial charge in [-0.2, -0.15) is 0 Å². The van der Waals surface area contributed by atoms with Gasteiger partial charge in [0.15, 0.2) is 0 Å². The minimum absolute atomic E-state index is 0.157. The fourth-order valence-electron chi connectivity index (χ4n) is 2.78. The van der Waals surface area contributed by atoms with Crippen molar-refractivity contribution in [1.29, 1.82) is 0 Å². The molecule has 1 N–H and O–H groups in total. The van der Waals surface area contributed by atoms with Crippen molar-refractivity contribution in [1.82, 2.24) is 15.2 Å². The number of hydrogen-bond donors (Lipinski definition) is 1. The van der Waals surface area contributed by atoms with Gasteiger partial charge in [-0.25, -0.2) is 4.39 Å². The normalized spacial score (nSPS) is 18.6. The fourth-order valence-corrected chi connectivity index (χ4v) is 2.78. The number of para-hydroxylation sites is 1. The van der Waals surface area contributed by atoms with E-state index in [1.54, 1.807) is 6.20 Å². The Balaban J connectivity index is 2.00. The molecule has 1 saturated heterocycles. The van der Waals surface area contributed by atoms with E-state index in [-0.39, 0.29) is 12.7 Å². The minimum Gasteiger partial charge on any atom is -0.314 e. The molecule has 1 aliphatic heterocycles. The number of nitrogens with one attached hydrogen (secondary N) is 1. The predicted octanol–water partition coefficient (Wildman–Crippen LogP) is 2.15. The lowest BCUT2D eigenvalue weighted by molar-refractivity contribution is 0.148. The van der Waals surface area contributed by atoms with Crippen LogP contribution in [-0.4, -0.2) is 42.7 Å². The molecule has 1 aliphatic rings. The molecule has 0 spiro atoms. The van der Waals surface area contributed by atoms with Crippen LogP contribution in [0, 0.1) is 0 Å². The first-order chi connectivity index (χ1) is 9.40. The third-order valence-electron chi connectivity index (χ3n) is 3.78. The fraction of sp³-hybridized carbons (Fsp3) is 0.400. The predicted molar refractivity (Wildman–Crippen MR) is 74.9 cm³/mol. The minimum atomic E-state index is -0.353. The quantitative estimate of drug-likeness (QED) is 0.915. The molecule has 2 heterocycles. The highest BCUT2D eigenvalue weighted by Crippen LogP contribution is 2.27. The molecule has 4 heteroatoms. The smallest absolute Gasteiger partial charge is 0.109 e. The first kappa shape index (κ1) is 12.5. The Labute approximate surface area is 112 Å². The molecule has 3 rings (SSSR count). The number of hydrogen-bond acceptors (Lipinski definition) is 3. The summed E-state index contributed by atoms with van der Waals surface area (Å²) in [5.41, 5.74) is 1.99. The van der Waals surface area contributed by atoms with Crippen LogP contribution < -0.4 is 5.32 Å². The van der Waals surface area contributed by atoms with E-state index in [9.17, 15) is 4.39 Å². The molecule has 1 atom stereocenters. The molecule has 1 fully saturated rings. The Morgan fingerprint density at radius 2 is 2.00 bits per heavy atom. The van der Waals surface area contributed by atoms with Gasteiger partial charge in [-0.1, -0.05) is 18.2 Å². The maximum absolute atomic E-state index is 13.6. The Bertz CT molecular complexity index is 547. The molecule has 0 bridgehead atoms. The molecule has 1 aromatic heterocycles. The monoisotopic (exact) mass is 259 g/mol. The molecule has 3 nitrogen and oxygen atoms in total. The molecule has 0 radical (unpaired) electrons. The number of nitrogens with zero attached hydrogens (tertiary/aromatic N) is 2. The van der Waals surface area contributed by atoms with Gasteiger partial charge in [-0.15, -0.1) is 0 Å². The zero-order valence-corrected chi connectivity index (χ0v) is 10.8. The maximum Gasteiger partial charge on any atom is 0.109 e. The van der Waals surface area contributed by atoms with Crippen LogP contribution in [0.2, 0.25) is 0 Å². The second kappa shape index (κ2) is 5.63. The number of rotatable bonds is 3. The van der Waals surface area contributed by atoms with Crippen LogP contribution in [0.1, 0.15) is 11.6 Å². The summed E-state index contributed by atoms with van der Waals surface area (Å²) < 4.78 is 13.6. The SMILES string of the molecule is FC[C@@H](c1ccnc2ccccc12)N1CCNCC1. The van der Waals surface area contributed by atoms with Crippen LogP contribution >= 0.6 is 0 Å². The molecule has 2 aromatic rings. The summed E-state index contributed by atoms with van der Waals surface area (Å²) in [4.78, 5) is 6.57. The van der Waals surface area contributed by atoms with E-state index in [0.717, 1.165) is 42.6 Å². The summed E-state index contributed by atoms with van der Waals surface area (Å²) in [6, 6.07) is 9.76. The molecule has 0 unspecified atom stereocenters. The standard InChI is InChI=1S/C15H18FN3/c16-11-15(19-9-7-17-8-10-19)13-5-6-18-14-4-2-1-3-12(13)14/h1-6,15,17H,7-11H2/t15-/m0/s1. The van der Waals surface area contributed by atoms with Gasteiger partial charge in [0.1, 0.15) is 6.67 Å². The molecule has 100 valence electrons. The topological polar surface area (TPSA) is 28.2 Å². The highest BCUT2D eigenvalue weighted by molar-refractivity contribution is 5.82. The summed E-state index contributed by atoms with van der Waals surface area (Å²) in [5, 5.41) is 4.37. The second-order valence-electron chi connectivity index (χ2n) is 4.87. The maximum atomic E-state index is 13.6. The van der Waals surface area contributed by atoms with Crippen molar-refractivity contribution in [3.8, 4) is 0 Å². The summed E-state index contributed by atoms with van der Waals surface area (Å²) in [6.07, 6.45) is 1.78. The third-order valence-corrected chi connectivity index (χ3v) is 3.78. The average Bonchev–Trinajstić information content (AvgIpc) is 2.49. The van der Waals surface area contributed by atoms with Crippen LogP contribution in [0.15, 0.2) is 36.5 Å². The lowest BCUT2D eigenvalue weighted by Crippen LogP contribution is -2.45. The number of alkyl halides is 1. The zero-order valence-electron chi connectivity index (χ0n) is 10.8. The lowest BCUT2D eigenvalue weighted by atomic mass is 10.0. The van der Waals surface area contributed by atoms with Gasteiger partial charge in [0.2, 0.25) is 0 Å². The van der Waals surface area contributed by atoms with Gasteiger partial charge in [-0.3, -0.25) is 9.88 Å². The van der Waals surface area contributed by atoms with Gasteiger partial charge in [0, 0.05) is 37.8 Å². The van der Waals surface area contributed by atoms with Crippen molar-refractivity contribution in [3.63, 3.8) is 0 Å². The van der Waals surface area contributed by atoms with E-state index in [0.29, 0.717) is 0 Å². The summed E-state index contributed by atoms with van der Waals surface area (Å²) in [7, 11) is 0. The number of benzene rings is 1. The van der Waals surface area contributed by atoms with E-state index in [1.165, 1.54) is 0 Å². The molecule has 0 amide bonds. The molecular weight excluding hydrogens is 241 g/mol. The van der Waals surface area contributed by atoms with Crippen LogP contribution in [0.5, 0.6) is 0 Å². The van der Waals surface area contributed by atoms with E-state index in [4.69, 9.17) is 0 Å². The summed E-state index contributed by atoms with van der Waals surface area (Å²) >= 11 is 0. The highest BCUT2D eigenvalue weighted by Gasteiger charge is 2.23. The number of halogens is 1. The van der Waals surface area contributed by atoms with Crippen molar-refractivity contribution in [2.75, 3.05) is 32.9 Å². The molecule has 19 heavy (non-hydrogen) atoms. The van der Waals surface area contributed by atoms with Gasteiger partial charge in [-0.05, 0) is 17.7 Å². The van der Waals surface area contributed by atoms with E-state index in [1.807, 2.05) is 30.3 Å². The van der Waals surface area contributed by atoms with Gasteiger partial charge >= 0.3 is 0 Å². The van der Waals surface area contributed by atoms with Crippen LogP contribution in [0.3, 0.4) is 0 Å². The Morgan fingerprint density at radius 3 is 2.79 bits per heavy atom. The molecule has 0 saturated carbocycles. The van der Waals surface area contributed by atoms with Crippen LogP contribution in [-0.2, 0) is 0 Å². The van der Waals surface area contributed by atoms with Gasteiger partial charge in [0.05, 0.1) is 11.6 Å². The van der Waals surface area contributed by atoms with Crippen molar-refractivity contribution in [3.05, 3.63) is 42.1 Å². The van der Waals surface area contributed by atoms with E-state index < -0.39 is 0 Å². The first-order valence-corrected chi connectivity index (χ1v) is 6.74. The van der Waals surface area contributed by atoms with Crippen molar-refractivity contribution in [2.45, 2.75) is 6.04 Å². The number of pyridine rings is 1. The van der Waals surface area contributed by atoms with Gasteiger partial charge in [0.25, 0.3) is 0 Å². The number of piperazine rings is 1.